The monoisotopic (exact) mass is 479 g/mol. The van der Waals surface area contributed by atoms with Crippen LogP contribution in [0.1, 0.15) is 51.4 Å². The molecule has 160 valence electrons. The summed E-state index contributed by atoms with van der Waals surface area (Å²) >= 11 is 14.1. The van der Waals surface area contributed by atoms with Gasteiger partial charge in [-0.15, -0.1) is 23.7 Å². The molecule has 4 rings (SSSR count). The molecule has 0 spiro atoms. The molecular formula is C25H28Cl3NS. The first-order chi connectivity index (χ1) is 14.2. The van der Waals surface area contributed by atoms with Crippen molar-refractivity contribution in [1.82, 2.24) is 0 Å². The standard InChI is InChI=1S/C25H27Cl2NS.ClH/c26-20-11-9-19(10-12-20)25-17-23(22-16-21(27)13-14-24(22)29-25)28-15-5-4-8-18-6-2-1-3-7-18;/h9-14,16-18H,1-8,15H2;1H. The fourth-order valence-electron chi connectivity index (χ4n) is 4.25. The first kappa shape index (κ1) is 23.6. The summed E-state index contributed by atoms with van der Waals surface area (Å²) in [6.07, 6.45) is 11.0. The van der Waals surface area contributed by atoms with Gasteiger partial charge in [0.05, 0.1) is 5.36 Å². The smallest absolute Gasteiger partial charge is 0.0675 e. The third-order valence-electron chi connectivity index (χ3n) is 5.86. The molecule has 5 heteroatoms. The van der Waals surface area contributed by atoms with Gasteiger partial charge in [-0.25, -0.2) is 0 Å². The van der Waals surface area contributed by atoms with Crippen LogP contribution in [0, 0.1) is 5.92 Å². The highest BCUT2D eigenvalue weighted by Crippen LogP contribution is 2.30. The maximum atomic E-state index is 6.28. The Hall–Kier alpha value is -1.06. The highest BCUT2D eigenvalue weighted by atomic mass is 35.5. The van der Waals surface area contributed by atoms with Crippen molar-refractivity contribution < 1.29 is 0 Å². The van der Waals surface area contributed by atoms with Gasteiger partial charge in [0, 0.05) is 31.6 Å². The molecule has 1 heterocycles. The van der Waals surface area contributed by atoms with Crippen molar-refractivity contribution >= 4 is 57.0 Å². The molecule has 1 saturated carbocycles. The number of nitrogens with zero attached hydrogens (tertiary/aromatic N) is 1. The first-order valence-corrected chi connectivity index (χ1v) is 12.3. The minimum Gasteiger partial charge on any atom is -0.285 e. The summed E-state index contributed by atoms with van der Waals surface area (Å²) in [6.45, 7) is 0.878. The zero-order chi connectivity index (χ0) is 20.1. The number of hydrogen-bond donors (Lipinski definition) is 0. The van der Waals surface area contributed by atoms with Gasteiger partial charge in [0.25, 0.3) is 0 Å². The lowest BCUT2D eigenvalue weighted by atomic mass is 9.86. The Labute approximate surface area is 199 Å². The van der Waals surface area contributed by atoms with E-state index in [1.807, 2.05) is 24.3 Å². The molecular weight excluding hydrogens is 453 g/mol. The Morgan fingerprint density at radius 2 is 1.60 bits per heavy atom. The van der Waals surface area contributed by atoms with Crippen molar-refractivity contribution in [2.24, 2.45) is 10.9 Å². The van der Waals surface area contributed by atoms with Crippen LogP contribution in [0.3, 0.4) is 0 Å². The van der Waals surface area contributed by atoms with Gasteiger partial charge in [0.2, 0.25) is 0 Å². The normalized spacial score (nSPS) is 15.3. The van der Waals surface area contributed by atoms with Crippen molar-refractivity contribution in [2.45, 2.75) is 51.4 Å². The number of fused-ring (bicyclic) bond motifs is 1. The van der Waals surface area contributed by atoms with Gasteiger partial charge in [0.15, 0.2) is 0 Å². The third kappa shape index (κ3) is 6.23. The van der Waals surface area contributed by atoms with E-state index in [4.69, 9.17) is 28.2 Å². The SMILES string of the molecule is Cl.Clc1ccc(-c2cc(=NCCCCC3CCCCC3)c3cc(Cl)ccc3s2)cc1. The van der Waals surface area contributed by atoms with Gasteiger partial charge in [0.1, 0.15) is 0 Å². The molecule has 3 aromatic rings. The predicted molar refractivity (Wildman–Crippen MR) is 135 cm³/mol. The molecule has 1 nitrogen and oxygen atoms in total. The Morgan fingerprint density at radius 3 is 2.37 bits per heavy atom. The lowest BCUT2D eigenvalue weighted by molar-refractivity contribution is 0.330. The number of benzene rings is 2. The Kier molecular flexibility index (Phi) is 9.07. The van der Waals surface area contributed by atoms with Gasteiger partial charge < -0.3 is 0 Å². The predicted octanol–water partition coefficient (Wildman–Crippen LogP) is 8.95. The Morgan fingerprint density at radius 1 is 0.867 bits per heavy atom. The summed E-state index contributed by atoms with van der Waals surface area (Å²) in [7, 11) is 0. The Bertz CT molecular complexity index is 1020. The van der Waals surface area contributed by atoms with Crippen LogP contribution < -0.4 is 5.36 Å². The largest absolute Gasteiger partial charge is 0.285 e. The van der Waals surface area contributed by atoms with Crippen LogP contribution in [0.25, 0.3) is 20.5 Å². The number of rotatable bonds is 6. The van der Waals surface area contributed by atoms with Crippen LogP contribution in [0.15, 0.2) is 53.5 Å². The molecule has 30 heavy (non-hydrogen) atoms. The lowest BCUT2D eigenvalue weighted by Crippen LogP contribution is -2.07. The van der Waals surface area contributed by atoms with Gasteiger partial charge in [-0.2, -0.15) is 0 Å². The summed E-state index contributed by atoms with van der Waals surface area (Å²) in [5, 5.41) is 3.71. The van der Waals surface area contributed by atoms with Crippen LogP contribution >= 0.6 is 46.9 Å². The van der Waals surface area contributed by atoms with E-state index in [-0.39, 0.29) is 12.4 Å². The van der Waals surface area contributed by atoms with Crippen molar-refractivity contribution in [2.75, 3.05) is 6.54 Å². The minimum atomic E-state index is 0. The van der Waals surface area contributed by atoms with Crippen LogP contribution in [-0.4, -0.2) is 6.54 Å². The lowest BCUT2D eigenvalue weighted by Gasteiger charge is -2.20. The van der Waals surface area contributed by atoms with E-state index >= 15 is 0 Å². The maximum absolute atomic E-state index is 6.28. The second kappa shape index (κ2) is 11.5. The summed E-state index contributed by atoms with van der Waals surface area (Å²) in [6, 6.07) is 16.3. The van der Waals surface area contributed by atoms with Crippen molar-refractivity contribution in [3.63, 3.8) is 0 Å². The highest BCUT2D eigenvalue weighted by molar-refractivity contribution is 7.21. The average Bonchev–Trinajstić information content (AvgIpc) is 2.75. The number of halogens is 3. The first-order valence-electron chi connectivity index (χ1n) is 10.7. The van der Waals surface area contributed by atoms with E-state index in [2.05, 4.69) is 24.3 Å². The topological polar surface area (TPSA) is 12.4 Å². The molecule has 0 saturated heterocycles. The van der Waals surface area contributed by atoms with Crippen molar-refractivity contribution in [1.29, 1.82) is 0 Å². The molecule has 1 aromatic heterocycles. The minimum absolute atomic E-state index is 0. The molecule has 2 aromatic carbocycles. The van der Waals surface area contributed by atoms with Crippen LogP contribution in [0.5, 0.6) is 0 Å². The van der Waals surface area contributed by atoms with Gasteiger partial charge in [-0.3, -0.25) is 4.99 Å². The summed E-state index contributed by atoms with van der Waals surface area (Å²) in [5.74, 6) is 0.957. The molecule has 0 aliphatic heterocycles. The molecule has 0 amide bonds. The van der Waals surface area contributed by atoms with E-state index in [9.17, 15) is 0 Å². The second-order valence-corrected chi connectivity index (χ2v) is 9.98. The number of unbranched alkanes of at least 4 members (excludes halogenated alkanes) is 1. The molecule has 0 unspecified atom stereocenters. The van der Waals surface area contributed by atoms with E-state index in [0.717, 1.165) is 39.7 Å². The average molecular weight is 481 g/mol. The summed E-state index contributed by atoms with van der Waals surface area (Å²) in [4.78, 5) is 6.19. The molecule has 0 bridgehead atoms. The van der Waals surface area contributed by atoms with Crippen LogP contribution in [-0.2, 0) is 0 Å². The fraction of sp³-hybridized carbons (Fsp3) is 0.400. The van der Waals surface area contributed by atoms with Crippen molar-refractivity contribution in [3.8, 4) is 10.4 Å². The van der Waals surface area contributed by atoms with E-state index < -0.39 is 0 Å². The zero-order valence-corrected chi connectivity index (χ0v) is 20.2. The second-order valence-electron chi connectivity index (χ2n) is 8.02. The maximum Gasteiger partial charge on any atom is 0.0675 e. The van der Waals surface area contributed by atoms with Crippen molar-refractivity contribution in [3.05, 3.63) is 63.9 Å². The molecule has 0 atom stereocenters. The molecule has 0 radical (unpaired) electrons. The van der Waals surface area contributed by atoms with Gasteiger partial charge >= 0.3 is 0 Å². The molecule has 0 N–H and O–H groups in total. The van der Waals surface area contributed by atoms with E-state index in [1.54, 1.807) is 11.3 Å². The van der Waals surface area contributed by atoms with E-state index in [0.29, 0.717) is 0 Å². The quantitative estimate of drug-likeness (QED) is 0.312. The molecule has 1 fully saturated rings. The summed E-state index contributed by atoms with van der Waals surface area (Å²) in [5.41, 5.74) is 1.17. The number of hydrogen-bond acceptors (Lipinski definition) is 2. The Balaban J connectivity index is 0.00000256. The molecule has 1 aliphatic carbocycles. The summed E-state index contributed by atoms with van der Waals surface area (Å²) < 4.78 is 1.21. The van der Waals surface area contributed by atoms with Crippen LogP contribution in [0.2, 0.25) is 10.0 Å². The zero-order valence-electron chi connectivity index (χ0n) is 17.1. The fourth-order valence-corrected chi connectivity index (χ4v) is 5.62. The highest BCUT2D eigenvalue weighted by Gasteiger charge is 2.12. The van der Waals surface area contributed by atoms with Gasteiger partial charge in [-0.05, 0) is 54.3 Å². The van der Waals surface area contributed by atoms with Gasteiger partial charge in [-0.1, -0.05) is 80.3 Å². The van der Waals surface area contributed by atoms with E-state index in [1.165, 1.54) is 60.1 Å². The third-order valence-corrected chi connectivity index (χ3v) is 7.50. The molecule has 1 aliphatic rings. The van der Waals surface area contributed by atoms with Crippen LogP contribution in [0.4, 0.5) is 0 Å².